The van der Waals surface area contributed by atoms with E-state index in [1.54, 1.807) is 0 Å². The molecule has 0 aliphatic heterocycles. The fraction of sp³-hybridized carbons (Fsp3) is 0.500. The predicted molar refractivity (Wildman–Crippen MR) is 73.5 cm³/mol. The van der Waals surface area contributed by atoms with Crippen LogP contribution in [0.25, 0.3) is 0 Å². The molecule has 1 aromatic carbocycles. The van der Waals surface area contributed by atoms with Crippen molar-refractivity contribution in [3.63, 3.8) is 0 Å². The van der Waals surface area contributed by atoms with Gasteiger partial charge >= 0.3 is 12.1 Å². The first-order chi connectivity index (χ1) is 10.3. The molecule has 0 spiro atoms. The van der Waals surface area contributed by atoms with Gasteiger partial charge in [-0.1, -0.05) is 24.6 Å². The van der Waals surface area contributed by atoms with Crippen LogP contribution in [0.2, 0.25) is 0 Å². The molecule has 6 heteroatoms. The van der Waals surface area contributed by atoms with Crippen LogP contribution in [0, 0.1) is 11.8 Å². The predicted octanol–water partition coefficient (Wildman–Crippen LogP) is 4.17. The van der Waals surface area contributed by atoms with E-state index in [2.05, 4.69) is 0 Å². The second-order valence-electron chi connectivity index (χ2n) is 5.74. The topological polar surface area (TPSA) is 54.4 Å². The highest BCUT2D eigenvalue weighted by Gasteiger charge is 2.35. The molecule has 2 rings (SSSR count). The minimum atomic E-state index is -4.57. The zero-order valence-corrected chi connectivity index (χ0v) is 11.9. The van der Waals surface area contributed by atoms with E-state index >= 15 is 0 Å². The summed E-state index contributed by atoms with van der Waals surface area (Å²) in [6, 6.07) is 4.74. The Balaban J connectivity index is 2.11. The van der Waals surface area contributed by atoms with Crippen molar-refractivity contribution in [2.45, 2.75) is 38.3 Å². The van der Waals surface area contributed by atoms with Gasteiger partial charge in [-0.3, -0.25) is 9.59 Å². The maximum atomic E-state index is 12.9. The summed E-state index contributed by atoms with van der Waals surface area (Å²) in [6.07, 6.45) is -2.30. The summed E-state index contributed by atoms with van der Waals surface area (Å²) >= 11 is 0. The standard InChI is InChI=1S/C16H17F3O3/c17-16(18,19)13-7-2-1-6-12(13)14(20)9-10-4-3-5-11(8-10)15(21)22/h1-2,6-7,10-11H,3-5,8-9H2,(H,21,22)/t10-,11+/m0/s1. The van der Waals surface area contributed by atoms with Crippen molar-refractivity contribution in [3.8, 4) is 0 Å². The van der Waals surface area contributed by atoms with Gasteiger partial charge in [-0.25, -0.2) is 0 Å². The van der Waals surface area contributed by atoms with Crippen LogP contribution in [0.15, 0.2) is 24.3 Å². The first-order valence-electron chi connectivity index (χ1n) is 7.21. The van der Waals surface area contributed by atoms with Gasteiger partial charge in [-0.2, -0.15) is 13.2 Å². The van der Waals surface area contributed by atoms with Gasteiger partial charge in [0.1, 0.15) is 0 Å². The Labute approximate surface area is 126 Å². The average Bonchev–Trinajstić information content (AvgIpc) is 2.46. The number of hydrogen-bond acceptors (Lipinski definition) is 2. The molecule has 0 heterocycles. The maximum absolute atomic E-state index is 12.9. The van der Waals surface area contributed by atoms with E-state index in [0.29, 0.717) is 25.7 Å². The summed E-state index contributed by atoms with van der Waals surface area (Å²) in [6.45, 7) is 0. The SMILES string of the molecule is O=C(C[C@H]1CCC[C@@H](C(=O)O)C1)c1ccccc1C(F)(F)F. The molecule has 1 aliphatic rings. The van der Waals surface area contributed by atoms with Crippen molar-refractivity contribution in [2.24, 2.45) is 11.8 Å². The zero-order valence-electron chi connectivity index (χ0n) is 11.9. The highest BCUT2D eigenvalue weighted by atomic mass is 19.4. The molecule has 1 aromatic rings. The number of Topliss-reactive ketones (excluding diaryl/α,β-unsaturated/α-hetero) is 1. The Hall–Kier alpha value is -1.85. The molecule has 1 aliphatic carbocycles. The third kappa shape index (κ3) is 3.87. The van der Waals surface area contributed by atoms with Crippen LogP contribution in [0.3, 0.4) is 0 Å². The quantitative estimate of drug-likeness (QED) is 0.849. The minimum Gasteiger partial charge on any atom is -0.481 e. The molecule has 1 N–H and O–H groups in total. The lowest BCUT2D eigenvalue weighted by Crippen LogP contribution is -2.24. The molecule has 22 heavy (non-hydrogen) atoms. The number of benzene rings is 1. The summed E-state index contributed by atoms with van der Waals surface area (Å²) in [4.78, 5) is 23.2. The molecular weight excluding hydrogens is 297 g/mol. The Morgan fingerprint density at radius 1 is 1.18 bits per heavy atom. The number of ketones is 1. The second-order valence-corrected chi connectivity index (χ2v) is 5.74. The molecule has 2 atom stereocenters. The van der Waals surface area contributed by atoms with E-state index < -0.39 is 29.4 Å². The van der Waals surface area contributed by atoms with E-state index in [-0.39, 0.29) is 17.9 Å². The van der Waals surface area contributed by atoms with Gasteiger partial charge in [-0.05, 0) is 31.2 Å². The van der Waals surface area contributed by atoms with Crippen molar-refractivity contribution >= 4 is 11.8 Å². The molecule has 0 amide bonds. The largest absolute Gasteiger partial charge is 0.481 e. The van der Waals surface area contributed by atoms with E-state index in [1.807, 2.05) is 0 Å². The van der Waals surface area contributed by atoms with Crippen molar-refractivity contribution in [1.29, 1.82) is 0 Å². The fourth-order valence-corrected chi connectivity index (χ4v) is 3.05. The Morgan fingerprint density at radius 2 is 1.86 bits per heavy atom. The van der Waals surface area contributed by atoms with E-state index in [9.17, 15) is 22.8 Å². The van der Waals surface area contributed by atoms with Crippen molar-refractivity contribution in [1.82, 2.24) is 0 Å². The Morgan fingerprint density at radius 3 is 2.50 bits per heavy atom. The van der Waals surface area contributed by atoms with E-state index in [4.69, 9.17) is 5.11 Å². The highest BCUT2D eigenvalue weighted by molar-refractivity contribution is 5.97. The number of carbonyl (C=O) groups is 2. The molecule has 120 valence electrons. The normalized spacial score (nSPS) is 22.3. The zero-order chi connectivity index (χ0) is 16.3. The van der Waals surface area contributed by atoms with Gasteiger partial charge in [0.15, 0.2) is 5.78 Å². The third-order valence-electron chi connectivity index (χ3n) is 4.14. The van der Waals surface area contributed by atoms with Gasteiger partial charge in [0.2, 0.25) is 0 Å². The minimum absolute atomic E-state index is 0.0309. The first kappa shape index (κ1) is 16.5. The Bertz CT molecular complexity index is 566. The van der Waals surface area contributed by atoms with Crippen LogP contribution in [0.5, 0.6) is 0 Å². The van der Waals surface area contributed by atoms with Crippen LogP contribution in [0.1, 0.15) is 48.0 Å². The molecule has 0 aromatic heterocycles. The lowest BCUT2D eigenvalue weighted by Gasteiger charge is -2.26. The van der Waals surface area contributed by atoms with Crippen molar-refractivity contribution in [2.75, 3.05) is 0 Å². The number of carboxylic acids is 1. The van der Waals surface area contributed by atoms with E-state index in [1.165, 1.54) is 18.2 Å². The van der Waals surface area contributed by atoms with Gasteiger partial charge in [0, 0.05) is 12.0 Å². The van der Waals surface area contributed by atoms with Gasteiger partial charge in [0.25, 0.3) is 0 Å². The molecule has 3 nitrogen and oxygen atoms in total. The van der Waals surface area contributed by atoms with Gasteiger partial charge < -0.3 is 5.11 Å². The summed E-state index contributed by atoms with van der Waals surface area (Å²) in [5.41, 5.74) is -1.25. The Kier molecular flexibility index (Phi) is 4.88. The number of halogens is 3. The molecule has 0 unspecified atom stereocenters. The van der Waals surface area contributed by atoms with Crippen molar-refractivity contribution < 1.29 is 27.9 Å². The third-order valence-corrected chi connectivity index (χ3v) is 4.14. The molecule has 1 saturated carbocycles. The second kappa shape index (κ2) is 6.50. The van der Waals surface area contributed by atoms with Gasteiger partial charge in [-0.15, -0.1) is 0 Å². The molecule has 0 radical (unpaired) electrons. The van der Waals surface area contributed by atoms with Gasteiger partial charge in [0.05, 0.1) is 11.5 Å². The lowest BCUT2D eigenvalue weighted by atomic mass is 9.78. The lowest BCUT2D eigenvalue weighted by molar-refractivity contribution is -0.143. The number of rotatable bonds is 4. The van der Waals surface area contributed by atoms with Crippen LogP contribution in [-0.4, -0.2) is 16.9 Å². The summed E-state index contributed by atoms with van der Waals surface area (Å²) < 4.78 is 38.8. The van der Waals surface area contributed by atoms with Crippen LogP contribution in [-0.2, 0) is 11.0 Å². The summed E-state index contributed by atoms with van der Waals surface area (Å²) in [5.74, 6) is -2.12. The number of hydrogen-bond donors (Lipinski definition) is 1. The monoisotopic (exact) mass is 314 g/mol. The van der Waals surface area contributed by atoms with Crippen LogP contribution < -0.4 is 0 Å². The number of alkyl halides is 3. The smallest absolute Gasteiger partial charge is 0.417 e. The summed E-state index contributed by atoms with van der Waals surface area (Å²) in [7, 11) is 0. The number of carboxylic acid groups (broad SMARTS) is 1. The molecule has 1 fully saturated rings. The van der Waals surface area contributed by atoms with E-state index in [0.717, 1.165) is 6.07 Å². The number of aliphatic carboxylic acids is 1. The fourth-order valence-electron chi connectivity index (χ4n) is 3.05. The highest BCUT2D eigenvalue weighted by Crippen LogP contribution is 2.35. The average molecular weight is 314 g/mol. The first-order valence-corrected chi connectivity index (χ1v) is 7.21. The van der Waals surface area contributed by atoms with Crippen LogP contribution in [0.4, 0.5) is 13.2 Å². The number of carbonyl (C=O) groups excluding carboxylic acids is 1. The summed E-state index contributed by atoms with van der Waals surface area (Å²) in [5, 5.41) is 9.02. The maximum Gasteiger partial charge on any atom is 0.417 e. The van der Waals surface area contributed by atoms with Crippen molar-refractivity contribution in [3.05, 3.63) is 35.4 Å². The molecule has 0 saturated heterocycles. The molecule has 0 bridgehead atoms. The molecular formula is C16H17F3O3. The van der Waals surface area contributed by atoms with Crippen LogP contribution >= 0.6 is 0 Å².